The van der Waals surface area contributed by atoms with Crippen molar-refractivity contribution in [2.24, 2.45) is 5.92 Å². The lowest BCUT2D eigenvalue weighted by Gasteiger charge is -2.37. The third-order valence-electron chi connectivity index (χ3n) is 4.07. The maximum Gasteiger partial charge on any atom is 0.167 e. The maximum atomic E-state index is 12.6. The van der Waals surface area contributed by atoms with Crippen molar-refractivity contribution in [1.29, 1.82) is 0 Å². The first-order valence-electron chi connectivity index (χ1n) is 6.71. The fourth-order valence-corrected chi connectivity index (χ4v) is 4.60. The Balaban J connectivity index is 1.78. The van der Waals surface area contributed by atoms with Gasteiger partial charge in [0.15, 0.2) is 5.78 Å². The van der Waals surface area contributed by atoms with E-state index in [-0.39, 0.29) is 17.3 Å². The Hall–Kier alpha value is -0.510. The Morgan fingerprint density at radius 2 is 2.26 bits per heavy atom. The molecule has 2 aliphatic heterocycles. The standard InChI is InChI=1S/C15H17ClO2S/c16-13-4-2-1-3-12(13)14(17)11-5-7-18-15(9-11)6-8-19-10-15/h1-4,11H,5-10H2. The Labute approximate surface area is 122 Å². The number of halogens is 1. The van der Waals surface area contributed by atoms with Gasteiger partial charge in [-0.3, -0.25) is 4.79 Å². The van der Waals surface area contributed by atoms with E-state index in [0.29, 0.717) is 17.2 Å². The molecule has 0 bridgehead atoms. The van der Waals surface area contributed by atoms with E-state index in [0.717, 1.165) is 30.8 Å². The highest BCUT2D eigenvalue weighted by Gasteiger charge is 2.42. The van der Waals surface area contributed by atoms with Crippen molar-refractivity contribution in [3.05, 3.63) is 34.9 Å². The fourth-order valence-electron chi connectivity index (χ4n) is 3.00. The van der Waals surface area contributed by atoms with Crippen LogP contribution < -0.4 is 0 Å². The molecular formula is C15H17ClO2S. The number of hydrogen-bond donors (Lipinski definition) is 0. The quantitative estimate of drug-likeness (QED) is 0.776. The van der Waals surface area contributed by atoms with Gasteiger partial charge in [-0.05, 0) is 37.1 Å². The highest BCUT2D eigenvalue weighted by atomic mass is 35.5. The molecule has 102 valence electrons. The second kappa shape index (κ2) is 5.47. The van der Waals surface area contributed by atoms with Crippen LogP contribution >= 0.6 is 23.4 Å². The number of hydrogen-bond acceptors (Lipinski definition) is 3. The number of thioether (sulfide) groups is 1. The second-order valence-corrected chi connectivity index (χ2v) is 6.88. The van der Waals surface area contributed by atoms with Gasteiger partial charge in [0.25, 0.3) is 0 Å². The van der Waals surface area contributed by atoms with E-state index in [1.165, 1.54) is 0 Å². The molecule has 1 aromatic rings. The summed E-state index contributed by atoms with van der Waals surface area (Å²) in [5, 5.41) is 0.564. The van der Waals surface area contributed by atoms with Crippen LogP contribution in [0.5, 0.6) is 0 Å². The zero-order chi connectivity index (χ0) is 13.3. The van der Waals surface area contributed by atoms with Gasteiger partial charge in [-0.25, -0.2) is 0 Å². The summed E-state index contributed by atoms with van der Waals surface area (Å²) in [6.45, 7) is 0.696. The Morgan fingerprint density at radius 3 is 3.00 bits per heavy atom. The molecule has 2 fully saturated rings. The molecule has 19 heavy (non-hydrogen) atoms. The molecule has 2 nitrogen and oxygen atoms in total. The molecule has 2 heterocycles. The largest absolute Gasteiger partial charge is 0.374 e. The molecule has 2 saturated heterocycles. The summed E-state index contributed by atoms with van der Waals surface area (Å²) in [5.41, 5.74) is 0.613. The molecule has 0 aliphatic carbocycles. The Bertz CT molecular complexity index is 483. The Morgan fingerprint density at radius 1 is 1.42 bits per heavy atom. The average Bonchev–Trinajstić information content (AvgIpc) is 2.86. The van der Waals surface area contributed by atoms with Gasteiger partial charge in [0.1, 0.15) is 0 Å². The van der Waals surface area contributed by atoms with Crippen LogP contribution in [-0.4, -0.2) is 29.5 Å². The molecule has 3 rings (SSSR count). The maximum absolute atomic E-state index is 12.6. The molecule has 2 aliphatic rings. The number of carbonyl (C=O) groups excluding carboxylic acids is 1. The predicted octanol–water partition coefficient (Wildman–Crippen LogP) is 3.83. The lowest BCUT2D eigenvalue weighted by atomic mass is 9.81. The van der Waals surface area contributed by atoms with E-state index in [2.05, 4.69) is 0 Å². The van der Waals surface area contributed by atoms with Crippen molar-refractivity contribution >= 4 is 29.1 Å². The molecular weight excluding hydrogens is 280 g/mol. The zero-order valence-corrected chi connectivity index (χ0v) is 12.3. The minimum atomic E-state index is -0.0511. The van der Waals surface area contributed by atoms with Crippen LogP contribution in [0.1, 0.15) is 29.6 Å². The van der Waals surface area contributed by atoms with E-state index in [1.54, 1.807) is 6.07 Å². The van der Waals surface area contributed by atoms with Gasteiger partial charge >= 0.3 is 0 Å². The highest BCUT2D eigenvalue weighted by molar-refractivity contribution is 7.99. The molecule has 0 saturated carbocycles. The number of carbonyl (C=O) groups is 1. The van der Waals surface area contributed by atoms with Crippen LogP contribution in [0.2, 0.25) is 5.02 Å². The minimum absolute atomic E-state index is 0.0511. The van der Waals surface area contributed by atoms with E-state index in [4.69, 9.17) is 16.3 Å². The molecule has 0 N–H and O–H groups in total. The molecule has 2 atom stereocenters. The van der Waals surface area contributed by atoms with Crippen molar-refractivity contribution < 1.29 is 9.53 Å². The number of ketones is 1. The van der Waals surface area contributed by atoms with Crippen molar-refractivity contribution in [2.75, 3.05) is 18.1 Å². The molecule has 0 aromatic heterocycles. The summed E-state index contributed by atoms with van der Waals surface area (Å²) in [5.74, 6) is 2.42. The summed E-state index contributed by atoms with van der Waals surface area (Å²) in [6, 6.07) is 7.35. The lowest BCUT2D eigenvalue weighted by Crippen LogP contribution is -2.42. The van der Waals surface area contributed by atoms with E-state index >= 15 is 0 Å². The van der Waals surface area contributed by atoms with E-state index in [9.17, 15) is 4.79 Å². The van der Waals surface area contributed by atoms with Crippen LogP contribution in [0.25, 0.3) is 0 Å². The van der Waals surface area contributed by atoms with Gasteiger partial charge in [-0.15, -0.1) is 0 Å². The first-order chi connectivity index (χ1) is 9.20. The molecule has 0 amide bonds. The Kier molecular flexibility index (Phi) is 3.88. The number of ether oxygens (including phenoxy) is 1. The fraction of sp³-hybridized carbons (Fsp3) is 0.533. The molecule has 1 spiro atoms. The van der Waals surface area contributed by atoms with Crippen LogP contribution in [0, 0.1) is 5.92 Å². The van der Waals surface area contributed by atoms with Gasteiger partial charge in [0, 0.05) is 23.8 Å². The zero-order valence-electron chi connectivity index (χ0n) is 10.7. The van der Waals surface area contributed by atoms with Crippen molar-refractivity contribution in [3.63, 3.8) is 0 Å². The number of benzene rings is 1. The van der Waals surface area contributed by atoms with Crippen LogP contribution in [0.15, 0.2) is 24.3 Å². The van der Waals surface area contributed by atoms with Gasteiger partial charge < -0.3 is 4.74 Å². The molecule has 0 radical (unpaired) electrons. The lowest BCUT2D eigenvalue weighted by molar-refractivity contribution is -0.0734. The highest BCUT2D eigenvalue weighted by Crippen LogP contribution is 2.41. The van der Waals surface area contributed by atoms with Crippen molar-refractivity contribution in [1.82, 2.24) is 0 Å². The van der Waals surface area contributed by atoms with Crippen molar-refractivity contribution in [2.45, 2.75) is 24.9 Å². The first kappa shape index (κ1) is 13.5. The number of rotatable bonds is 2. The van der Waals surface area contributed by atoms with E-state index in [1.807, 2.05) is 30.0 Å². The average molecular weight is 297 g/mol. The van der Waals surface area contributed by atoms with E-state index < -0.39 is 0 Å². The molecule has 1 aromatic carbocycles. The monoisotopic (exact) mass is 296 g/mol. The van der Waals surface area contributed by atoms with Gasteiger partial charge in [-0.2, -0.15) is 11.8 Å². The third-order valence-corrected chi connectivity index (χ3v) is 5.62. The minimum Gasteiger partial charge on any atom is -0.374 e. The number of Topliss-reactive ketones (excluding diaryl/α,β-unsaturated/α-hetero) is 1. The van der Waals surface area contributed by atoms with Crippen LogP contribution in [0.4, 0.5) is 0 Å². The summed E-state index contributed by atoms with van der Waals surface area (Å²) in [7, 11) is 0. The van der Waals surface area contributed by atoms with Gasteiger partial charge in [0.05, 0.1) is 10.6 Å². The van der Waals surface area contributed by atoms with Crippen molar-refractivity contribution in [3.8, 4) is 0 Å². The summed E-state index contributed by atoms with van der Waals surface area (Å²) in [4.78, 5) is 12.6. The van der Waals surface area contributed by atoms with Crippen LogP contribution in [0.3, 0.4) is 0 Å². The topological polar surface area (TPSA) is 26.3 Å². The summed E-state index contributed by atoms with van der Waals surface area (Å²) < 4.78 is 5.97. The van der Waals surface area contributed by atoms with Gasteiger partial charge in [0.2, 0.25) is 0 Å². The van der Waals surface area contributed by atoms with Crippen LogP contribution in [-0.2, 0) is 4.74 Å². The summed E-state index contributed by atoms with van der Waals surface area (Å²) >= 11 is 8.06. The normalized spacial score (nSPS) is 30.7. The molecule has 2 unspecified atom stereocenters. The first-order valence-corrected chi connectivity index (χ1v) is 8.24. The summed E-state index contributed by atoms with van der Waals surface area (Å²) in [6.07, 6.45) is 2.74. The predicted molar refractivity (Wildman–Crippen MR) is 79.1 cm³/mol. The van der Waals surface area contributed by atoms with Gasteiger partial charge in [-0.1, -0.05) is 23.7 Å². The molecule has 4 heteroatoms. The second-order valence-electron chi connectivity index (χ2n) is 5.37. The third kappa shape index (κ3) is 2.69. The smallest absolute Gasteiger partial charge is 0.167 e. The SMILES string of the molecule is O=C(c1ccccc1Cl)C1CCOC2(CCSC2)C1.